The lowest BCUT2D eigenvalue weighted by atomic mass is 10.1. The average Bonchev–Trinajstić information content (AvgIpc) is 2.19. The molecule has 0 aliphatic carbocycles. The molecule has 0 aromatic rings. The SMILES string of the molecule is O=P(O)(O)OC[C@@H](O)[C@@H](O)[C@H](CO)OP(=O)(O)O. The maximum Gasteiger partial charge on any atom is 0.470 e. The van der Waals surface area contributed by atoms with Gasteiger partial charge in [0.05, 0.1) is 13.2 Å². The molecular weight excluding hydrogens is 298 g/mol. The van der Waals surface area contributed by atoms with Crippen LogP contribution in [0.5, 0.6) is 0 Å². The zero-order valence-corrected chi connectivity index (χ0v) is 10.6. The first-order valence-corrected chi connectivity index (χ1v) is 7.43. The summed E-state index contributed by atoms with van der Waals surface area (Å²) in [7, 11) is -9.88. The molecule has 0 aliphatic heterocycles. The Morgan fingerprint density at radius 3 is 1.83 bits per heavy atom. The minimum Gasteiger partial charge on any atom is -0.394 e. The van der Waals surface area contributed by atoms with E-state index in [1.54, 1.807) is 0 Å². The molecule has 0 radical (unpaired) electrons. The standard InChI is InChI=1S/C5H14O11P2/c6-1-4(16-18(12,13)14)5(8)3(7)2-15-17(9,10)11/h3-8H,1-2H2,(H2,9,10,11)(H2,12,13,14)/t3-,4+,5-/m1/s1. The maximum atomic E-state index is 10.5. The predicted molar refractivity (Wildman–Crippen MR) is 54.0 cm³/mol. The molecule has 0 saturated carbocycles. The zero-order chi connectivity index (χ0) is 14.6. The molecule has 0 unspecified atom stereocenters. The van der Waals surface area contributed by atoms with Crippen molar-refractivity contribution in [2.45, 2.75) is 18.3 Å². The third kappa shape index (κ3) is 8.25. The Hall–Kier alpha value is 0.1000. The molecule has 0 aromatic carbocycles. The maximum absolute atomic E-state index is 10.5. The first-order chi connectivity index (χ1) is 7.96. The van der Waals surface area contributed by atoms with Crippen LogP contribution in [0.2, 0.25) is 0 Å². The molecule has 0 fully saturated rings. The van der Waals surface area contributed by atoms with Crippen LogP contribution < -0.4 is 0 Å². The minimum atomic E-state index is -5.01. The van der Waals surface area contributed by atoms with E-state index in [9.17, 15) is 19.3 Å². The second kappa shape index (κ2) is 7.04. The molecule has 110 valence electrons. The molecule has 0 aliphatic rings. The lowest BCUT2D eigenvalue weighted by molar-refractivity contribution is -0.0862. The highest BCUT2D eigenvalue weighted by atomic mass is 31.2. The van der Waals surface area contributed by atoms with Crippen molar-refractivity contribution in [1.82, 2.24) is 0 Å². The van der Waals surface area contributed by atoms with Gasteiger partial charge in [0.1, 0.15) is 18.3 Å². The molecule has 7 N–H and O–H groups in total. The summed E-state index contributed by atoms with van der Waals surface area (Å²) in [6, 6.07) is 0. The van der Waals surface area contributed by atoms with Crippen LogP contribution in [0.15, 0.2) is 0 Å². The molecule has 11 nitrogen and oxygen atoms in total. The van der Waals surface area contributed by atoms with E-state index in [1.165, 1.54) is 0 Å². The van der Waals surface area contributed by atoms with E-state index in [1.807, 2.05) is 0 Å². The number of phosphoric ester groups is 2. The number of rotatable bonds is 8. The quantitative estimate of drug-likeness (QED) is 0.230. The van der Waals surface area contributed by atoms with Gasteiger partial charge in [-0.05, 0) is 0 Å². The van der Waals surface area contributed by atoms with Gasteiger partial charge >= 0.3 is 15.6 Å². The molecule has 3 atom stereocenters. The van der Waals surface area contributed by atoms with E-state index >= 15 is 0 Å². The molecule has 18 heavy (non-hydrogen) atoms. The number of phosphoric acid groups is 2. The average molecular weight is 312 g/mol. The largest absolute Gasteiger partial charge is 0.470 e. The van der Waals surface area contributed by atoms with Crippen molar-refractivity contribution in [3.05, 3.63) is 0 Å². The van der Waals surface area contributed by atoms with E-state index in [4.69, 9.17) is 24.7 Å². The van der Waals surface area contributed by atoms with Gasteiger partial charge < -0.3 is 34.9 Å². The van der Waals surface area contributed by atoms with Crippen molar-refractivity contribution in [3.8, 4) is 0 Å². The second-order valence-electron chi connectivity index (χ2n) is 3.16. The topological polar surface area (TPSA) is 194 Å². The lowest BCUT2D eigenvalue weighted by Crippen LogP contribution is -2.42. The van der Waals surface area contributed by atoms with Crippen LogP contribution in [0.4, 0.5) is 0 Å². The van der Waals surface area contributed by atoms with Crippen LogP contribution in [0.1, 0.15) is 0 Å². The summed E-state index contributed by atoms with van der Waals surface area (Å²) in [5, 5.41) is 27.2. The first-order valence-electron chi connectivity index (χ1n) is 4.37. The molecule has 0 rings (SSSR count). The summed E-state index contributed by atoms with van der Waals surface area (Å²) in [6.45, 7) is -2.06. The Balaban J connectivity index is 4.45. The predicted octanol–water partition coefficient (Wildman–Crippen LogP) is -2.71. The van der Waals surface area contributed by atoms with E-state index in [2.05, 4.69) is 9.05 Å². The van der Waals surface area contributed by atoms with Gasteiger partial charge in [-0.25, -0.2) is 9.13 Å². The third-order valence-corrected chi connectivity index (χ3v) is 2.67. The highest BCUT2D eigenvalue weighted by molar-refractivity contribution is 7.46. The Morgan fingerprint density at radius 2 is 1.50 bits per heavy atom. The summed E-state index contributed by atoms with van der Waals surface area (Å²) in [6.07, 6.45) is -5.79. The number of aliphatic hydroxyl groups is 3. The molecule has 0 saturated heterocycles. The van der Waals surface area contributed by atoms with E-state index in [0.29, 0.717) is 0 Å². The summed E-state index contributed by atoms with van der Waals surface area (Å²) in [4.78, 5) is 33.5. The van der Waals surface area contributed by atoms with Gasteiger partial charge in [0, 0.05) is 0 Å². The second-order valence-corrected chi connectivity index (χ2v) is 5.59. The summed E-state index contributed by atoms with van der Waals surface area (Å²) in [5.41, 5.74) is 0. The van der Waals surface area contributed by atoms with Crippen LogP contribution in [-0.4, -0.2) is 66.4 Å². The number of aliphatic hydroxyl groups excluding tert-OH is 3. The van der Waals surface area contributed by atoms with Gasteiger partial charge in [0.15, 0.2) is 0 Å². The Kier molecular flexibility index (Phi) is 7.07. The van der Waals surface area contributed by atoms with Crippen LogP contribution in [-0.2, 0) is 18.2 Å². The monoisotopic (exact) mass is 312 g/mol. The molecule has 0 spiro atoms. The van der Waals surface area contributed by atoms with Gasteiger partial charge in [-0.2, -0.15) is 0 Å². The summed E-state index contributed by atoms with van der Waals surface area (Å²) in [5.74, 6) is 0. The van der Waals surface area contributed by atoms with Gasteiger partial charge in [0.2, 0.25) is 0 Å². The van der Waals surface area contributed by atoms with Crippen LogP contribution in [0.25, 0.3) is 0 Å². The fraction of sp³-hybridized carbons (Fsp3) is 1.00. The van der Waals surface area contributed by atoms with Crippen LogP contribution in [0, 0.1) is 0 Å². The Bertz CT molecular complexity index is 332. The highest BCUT2D eigenvalue weighted by Gasteiger charge is 2.33. The minimum absolute atomic E-state index is 1.02. The van der Waals surface area contributed by atoms with Gasteiger partial charge in [0.25, 0.3) is 0 Å². The molecule has 0 bridgehead atoms. The first kappa shape index (κ1) is 18.1. The Morgan fingerprint density at radius 1 is 1.00 bits per heavy atom. The van der Waals surface area contributed by atoms with E-state index < -0.39 is 47.2 Å². The third-order valence-electron chi connectivity index (χ3n) is 1.64. The van der Waals surface area contributed by atoms with Crippen molar-refractivity contribution >= 4 is 15.6 Å². The molecule has 0 aromatic heterocycles. The van der Waals surface area contributed by atoms with Crippen molar-refractivity contribution in [3.63, 3.8) is 0 Å². The van der Waals surface area contributed by atoms with Crippen molar-refractivity contribution in [2.24, 2.45) is 0 Å². The highest BCUT2D eigenvalue weighted by Crippen LogP contribution is 2.39. The van der Waals surface area contributed by atoms with Crippen LogP contribution in [0.3, 0.4) is 0 Å². The fourth-order valence-electron chi connectivity index (χ4n) is 0.900. The lowest BCUT2D eigenvalue weighted by Gasteiger charge is -2.25. The van der Waals surface area contributed by atoms with Gasteiger partial charge in [-0.15, -0.1) is 0 Å². The smallest absolute Gasteiger partial charge is 0.394 e. The zero-order valence-electron chi connectivity index (χ0n) is 8.80. The Labute approximate surface area is 101 Å². The van der Waals surface area contributed by atoms with Crippen molar-refractivity contribution in [2.75, 3.05) is 13.2 Å². The van der Waals surface area contributed by atoms with Crippen molar-refractivity contribution in [1.29, 1.82) is 0 Å². The van der Waals surface area contributed by atoms with E-state index in [0.717, 1.165) is 0 Å². The molecule has 0 amide bonds. The normalized spacial score (nSPS) is 18.4. The summed E-state index contributed by atoms with van der Waals surface area (Å²) < 4.78 is 28.6. The molecule has 0 heterocycles. The number of hydrogen-bond acceptors (Lipinski definition) is 7. The fourth-order valence-corrected chi connectivity index (χ4v) is 1.79. The molecule has 13 heteroatoms. The van der Waals surface area contributed by atoms with Gasteiger partial charge in [-0.3, -0.25) is 9.05 Å². The van der Waals surface area contributed by atoms with E-state index in [-0.39, 0.29) is 0 Å². The van der Waals surface area contributed by atoms with Crippen LogP contribution >= 0.6 is 15.6 Å². The molecular formula is C5H14O11P2. The van der Waals surface area contributed by atoms with Crippen molar-refractivity contribution < 1.29 is 53.1 Å². The number of hydrogen-bond donors (Lipinski definition) is 7. The van der Waals surface area contributed by atoms with Gasteiger partial charge in [-0.1, -0.05) is 0 Å². The summed E-state index contributed by atoms with van der Waals surface area (Å²) >= 11 is 0.